The fraction of sp³-hybridized carbons (Fsp3) is 0.444. The Bertz CT molecular complexity index is 580. The molecule has 15 heavy (non-hydrogen) atoms. The normalized spacial score (nSPS) is 11.0. The van der Waals surface area contributed by atoms with Crippen molar-refractivity contribution >= 4 is 23.4 Å². The Kier molecular flexibility index (Phi) is 2.68. The van der Waals surface area contributed by atoms with Gasteiger partial charge in [0.05, 0.1) is 6.33 Å². The van der Waals surface area contributed by atoms with Crippen molar-refractivity contribution in [1.82, 2.24) is 19.5 Å². The van der Waals surface area contributed by atoms with Crippen molar-refractivity contribution in [3.05, 3.63) is 21.5 Å². The predicted octanol–water partition coefficient (Wildman–Crippen LogP) is 1.58. The standard InChI is InChI=1S/C9H12N4OS/c1-2-3-4-13-5-10-6-7(13)11-9(14)12-8(6)15/h5H,2-4H2,1H3,(H2,11,12,14,15). The van der Waals surface area contributed by atoms with Crippen LogP contribution >= 0.6 is 12.2 Å². The molecule has 5 nitrogen and oxygen atoms in total. The Morgan fingerprint density at radius 2 is 2.33 bits per heavy atom. The van der Waals surface area contributed by atoms with Crippen LogP contribution in [-0.2, 0) is 6.54 Å². The summed E-state index contributed by atoms with van der Waals surface area (Å²) in [6.07, 6.45) is 3.86. The molecule has 2 rings (SSSR count). The highest BCUT2D eigenvalue weighted by Gasteiger charge is 2.04. The van der Waals surface area contributed by atoms with Crippen molar-refractivity contribution in [2.24, 2.45) is 0 Å². The number of nitrogens with one attached hydrogen (secondary N) is 2. The van der Waals surface area contributed by atoms with Crippen molar-refractivity contribution in [2.75, 3.05) is 0 Å². The van der Waals surface area contributed by atoms with Crippen LogP contribution in [0.15, 0.2) is 11.1 Å². The molecule has 0 aliphatic carbocycles. The monoisotopic (exact) mass is 224 g/mol. The molecule has 2 aromatic heterocycles. The van der Waals surface area contributed by atoms with E-state index in [4.69, 9.17) is 12.2 Å². The van der Waals surface area contributed by atoms with E-state index in [0.29, 0.717) is 15.8 Å². The van der Waals surface area contributed by atoms with E-state index in [0.717, 1.165) is 19.4 Å². The van der Waals surface area contributed by atoms with Gasteiger partial charge in [0.25, 0.3) is 0 Å². The number of hydrogen-bond donors (Lipinski definition) is 2. The zero-order valence-corrected chi connectivity index (χ0v) is 9.23. The van der Waals surface area contributed by atoms with E-state index in [9.17, 15) is 4.79 Å². The van der Waals surface area contributed by atoms with Crippen molar-refractivity contribution < 1.29 is 0 Å². The summed E-state index contributed by atoms with van der Waals surface area (Å²) >= 11 is 5.02. The summed E-state index contributed by atoms with van der Waals surface area (Å²) < 4.78 is 2.31. The highest BCUT2D eigenvalue weighted by Crippen LogP contribution is 2.08. The molecule has 2 aromatic rings. The molecule has 0 bridgehead atoms. The third-order valence-electron chi connectivity index (χ3n) is 2.26. The lowest BCUT2D eigenvalue weighted by molar-refractivity contribution is 0.641. The molecule has 0 unspecified atom stereocenters. The molecule has 0 aromatic carbocycles. The number of aromatic nitrogens is 4. The minimum absolute atomic E-state index is 0.286. The second kappa shape index (κ2) is 3.98. The Morgan fingerprint density at radius 3 is 3.07 bits per heavy atom. The summed E-state index contributed by atoms with van der Waals surface area (Å²) in [6.45, 7) is 2.97. The van der Waals surface area contributed by atoms with Crippen LogP contribution in [0, 0.1) is 4.64 Å². The van der Waals surface area contributed by atoms with Crippen LogP contribution in [0.2, 0.25) is 0 Å². The third-order valence-corrected chi connectivity index (χ3v) is 2.56. The Hall–Kier alpha value is -1.43. The molecule has 6 heteroatoms. The number of unbranched alkanes of at least 4 members (excludes halogenated alkanes) is 1. The number of imidazole rings is 1. The lowest BCUT2D eigenvalue weighted by Crippen LogP contribution is -2.11. The highest BCUT2D eigenvalue weighted by molar-refractivity contribution is 7.71. The number of nitrogens with zero attached hydrogens (tertiary/aromatic N) is 2. The topological polar surface area (TPSA) is 66.5 Å². The van der Waals surface area contributed by atoms with Gasteiger partial charge in [-0.2, -0.15) is 0 Å². The minimum Gasteiger partial charge on any atom is -0.317 e. The Balaban J connectivity index is 2.58. The van der Waals surface area contributed by atoms with Crippen LogP contribution in [0.25, 0.3) is 11.2 Å². The second-order valence-corrected chi connectivity index (χ2v) is 3.81. The molecule has 0 aliphatic rings. The molecule has 2 N–H and O–H groups in total. The molecular weight excluding hydrogens is 212 g/mol. The summed E-state index contributed by atoms with van der Waals surface area (Å²) in [6, 6.07) is 0. The summed E-state index contributed by atoms with van der Waals surface area (Å²) in [5.41, 5.74) is 1.07. The van der Waals surface area contributed by atoms with Crippen LogP contribution in [0.4, 0.5) is 0 Å². The minimum atomic E-state index is -0.286. The van der Waals surface area contributed by atoms with Crippen molar-refractivity contribution in [2.45, 2.75) is 26.3 Å². The van der Waals surface area contributed by atoms with Gasteiger partial charge in [-0.3, -0.25) is 9.97 Å². The van der Waals surface area contributed by atoms with E-state index in [-0.39, 0.29) is 5.69 Å². The summed E-state index contributed by atoms with van der Waals surface area (Å²) in [4.78, 5) is 20.6. The van der Waals surface area contributed by atoms with Crippen molar-refractivity contribution in [1.29, 1.82) is 0 Å². The second-order valence-electron chi connectivity index (χ2n) is 3.40. The first-order valence-electron chi connectivity index (χ1n) is 4.90. The maximum Gasteiger partial charge on any atom is 0.325 e. The van der Waals surface area contributed by atoms with Crippen molar-refractivity contribution in [3.63, 3.8) is 0 Å². The summed E-state index contributed by atoms with van der Waals surface area (Å²) in [5, 5.41) is 0. The molecule has 2 heterocycles. The van der Waals surface area contributed by atoms with E-state index in [1.807, 2.05) is 4.57 Å². The van der Waals surface area contributed by atoms with Crippen LogP contribution in [-0.4, -0.2) is 19.5 Å². The molecule has 0 fully saturated rings. The van der Waals surface area contributed by atoms with E-state index in [1.54, 1.807) is 6.33 Å². The molecule has 0 aliphatic heterocycles. The van der Waals surface area contributed by atoms with Crippen LogP contribution in [0.1, 0.15) is 19.8 Å². The lowest BCUT2D eigenvalue weighted by atomic mass is 10.3. The van der Waals surface area contributed by atoms with Gasteiger partial charge in [-0.15, -0.1) is 0 Å². The van der Waals surface area contributed by atoms with E-state index in [2.05, 4.69) is 21.9 Å². The first-order chi connectivity index (χ1) is 7.22. The van der Waals surface area contributed by atoms with Gasteiger partial charge in [-0.05, 0) is 6.42 Å². The van der Waals surface area contributed by atoms with Crippen LogP contribution in [0.5, 0.6) is 0 Å². The van der Waals surface area contributed by atoms with Crippen LogP contribution in [0.3, 0.4) is 0 Å². The quantitative estimate of drug-likeness (QED) is 0.778. The maximum atomic E-state index is 11.2. The summed E-state index contributed by atoms with van der Waals surface area (Å²) in [5.74, 6) is 0. The molecule has 0 atom stereocenters. The van der Waals surface area contributed by atoms with Gasteiger partial charge in [-0.25, -0.2) is 9.78 Å². The highest BCUT2D eigenvalue weighted by atomic mass is 32.1. The number of hydrogen-bond acceptors (Lipinski definition) is 3. The fourth-order valence-electron chi connectivity index (χ4n) is 1.48. The van der Waals surface area contributed by atoms with E-state index >= 15 is 0 Å². The van der Waals surface area contributed by atoms with Gasteiger partial charge in [0, 0.05) is 6.54 Å². The van der Waals surface area contributed by atoms with Gasteiger partial charge >= 0.3 is 5.69 Å². The number of fused-ring (bicyclic) bond motifs is 1. The first-order valence-corrected chi connectivity index (χ1v) is 5.30. The SMILES string of the molecule is CCCCn1cnc2c(=S)[nH]c(=O)[nH]c21. The number of aromatic amines is 2. The zero-order valence-electron chi connectivity index (χ0n) is 8.41. The van der Waals surface area contributed by atoms with E-state index < -0.39 is 0 Å². The van der Waals surface area contributed by atoms with Gasteiger partial charge in [0.2, 0.25) is 0 Å². The number of aryl methyl sites for hydroxylation is 1. The van der Waals surface area contributed by atoms with E-state index in [1.165, 1.54) is 0 Å². The molecule has 80 valence electrons. The van der Waals surface area contributed by atoms with Gasteiger partial charge < -0.3 is 4.57 Å². The molecule has 0 saturated heterocycles. The number of rotatable bonds is 3. The lowest BCUT2D eigenvalue weighted by Gasteiger charge is -2.01. The largest absolute Gasteiger partial charge is 0.325 e. The smallest absolute Gasteiger partial charge is 0.317 e. The molecular formula is C9H12N4OS. The Labute approximate surface area is 91.2 Å². The molecule has 0 radical (unpaired) electrons. The fourth-order valence-corrected chi connectivity index (χ4v) is 1.72. The predicted molar refractivity (Wildman–Crippen MR) is 60.4 cm³/mol. The Morgan fingerprint density at radius 1 is 1.53 bits per heavy atom. The van der Waals surface area contributed by atoms with Gasteiger partial charge in [0.15, 0.2) is 0 Å². The van der Waals surface area contributed by atoms with Crippen LogP contribution < -0.4 is 5.69 Å². The maximum absolute atomic E-state index is 11.2. The average Bonchev–Trinajstić information content (AvgIpc) is 2.58. The van der Waals surface area contributed by atoms with Crippen molar-refractivity contribution in [3.8, 4) is 0 Å². The molecule has 0 saturated carbocycles. The molecule has 0 amide bonds. The molecule has 0 spiro atoms. The van der Waals surface area contributed by atoms with Gasteiger partial charge in [0.1, 0.15) is 15.8 Å². The number of H-pyrrole nitrogens is 2. The first kappa shape index (κ1) is 10.1. The average molecular weight is 224 g/mol. The van der Waals surface area contributed by atoms with Gasteiger partial charge in [-0.1, -0.05) is 25.6 Å². The zero-order chi connectivity index (χ0) is 10.8. The third kappa shape index (κ3) is 1.85. The summed E-state index contributed by atoms with van der Waals surface area (Å²) in [7, 11) is 0.